The molecule has 1 aromatic heterocycles. The number of rotatable bonds is 3. The van der Waals surface area contributed by atoms with Gasteiger partial charge >= 0.3 is 6.03 Å². The second kappa shape index (κ2) is 4.79. The third kappa shape index (κ3) is 3.38. The molecule has 16 heavy (non-hydrogen) atoms. The van der Waals surface area contributed by atoms with Crippen LogP contribution in [0.3, 0.4) is 0 Å². The Labute approximate surface area is 94.8 Å². The Kier molecular flexibility index (Phi) is 3.19. The molecule has 0 bridgehead atoms. The van der Waals surface area contributed by atoms with Gasteiger partial charge in [0.25, 0.3) is 0 Å². The van der Waals surface area contributed by atoms with E-state index in [2.05, 4.69) is 15.6 Å². The van der Waals surface area contributed by atoms with Gasteiger partial charge in [0.2, 0.25) is 0 Å². The van der Waals surface area contributed by atoms with Crippen molar-refractivity contribution in [1.82, 2.24) is 10.3 Å². The highest BCUT2D eigenvalue weighted by Crippen LogP contribution is 2.29. The second-order valence-electron chi connectivity index (χ2n) is 4.02. The van der Waals surface area contributed by atoms with Gasteiger partial charge < -0.3 is 5.32 Å². The van der Waals surface area contributed by atoms with Gasteiger partial charge in [0, 0.05) is 12.4 Å². The lowest BCUT2D eigenvalue weighted by atomic mass is 10.3. The van der Waals surface area contributed by atoms with Crippen molar-refractivity contribution in [3.8, 4) is 0 Å². The number of carbonyl (C=O) groups is 1. The van der Waals surface area contributed by atoms with Crippen LogP contribution < -0.4 is 10.6 Å². The van der Waals surface area contributed by atoms with Crippen LogP contribution in [0.2, 0.25) is 0 Å². The molecular formula is C12H15N3O. The van der Waals surface area contributed by atoms with Crippen molar-refractivity contribution in [3.63, 3.8) is 0 Å². The van der Waals surface area contributed by atoms with Crippen LogP contribution in [0.1, 0.15) is 18.4 Å². The number of aryl methyl sites for hydroxylation is 1. The number of urea groups is 1. The Morgan fingerprint density at radius 3 is 2.94 bits per heavy atom. The van der Waals surface area contributed by atoms with Crippen LogP contribution in [0, 0.1) is 12.8 Å². The van der Waals surface area contributed by atoms with E-state index in [0.29, 0.717) is 11.7 Å². The molecule has 1 saturated carbocycles. The number of nitrogens with zero attached hydrogens (tertiary/aromatic N) is 1. The van der Waals surface area contributed by atoms with Gasteiger partial charge in [-0.1, -0.05) is 12.1 Å². The Morgan fingerprint density at radius 2 is 2.31 bits per heavy atom. The van der Waals surface area contributed by atoms with Gasteiger partial charge in [0.15, 0.2) is 0 Å². The summed E-state index contributed by atoms with van der Waals surface area (Å²) < 4.78 is 0. The van der Waals surface area contributed by atoms with E-state index in [1.807, 2.05) is 19.1 Å². The van der Waals surface area contributed by atoms with E-state index >= 15 is 0 Å². The molecule has 4 heteroatoms. The van der Waals surface area contributed by atoms with Crippen molar-refractivity contribution in [1.29, 1.82) is 0 Å². The molecule has 4 nitrogen and oxygen atoms in total. The smallest absolute Gasteiger partial charge is 0.315 e. The van der Waals surface area contributed by atoms with E-state index in [1.54, 1.807) is 18.5 Å². The Morgan fingerprint density at radius 1 is 1.50 bits per heavy atom. The molecule has 0 aliphatic heterocycles. The van der Waals surface area contributed by atoms with Gasteiger partial charge in [-0.2, -0.15) is 0 Å². The van der Waals surface area contributed by atoms with E-state index in [9.17, 15) is 4.79 Å². The molecule has 2 rings (SSSR count). The molecule has 1 aliphatic rings. The zero-order valence-corrected chi connectivity index (χ0v) is 9.23. The summed E-state index contributed by atoms with van der Waals surface area (Å²) in [5.41, 5.74) is 1.07. The highest BCUT2D eigenvalue weighted by atomic mass is 16.2. The number of carbonyl (C=O) groups excluding carboxylic acids is 1. The number of hydrogen-bond donors (Lipinski definition) is 2. The first-order chi connectivity index (χ1) is 7.74. The van der Waals surface area contributed by atoms with Crippen LogP contribution in [-0.4, -0.2) is 11.0 Å². The molecule has 0 spiro atoms. The normalized spacial score (nSPS) is 15.1. The van der Waals surface area contributed by atoms with Crippen LogP contribution >= 0.6 is 0 Å². The number of amides is 2. The number of pyridine rings is 1. The Hall–Kier alpha value is -1.84. The summed E-state index contributed by atoms with van der Waals surface area (Å²) >= 11 is 0. The zero-order chi connectivity index (χ0) is 11.4. The van der Waals surface area contributed by atoms with Crippen LogP contribution in [0.15, 0.2) is 30.6 Å². The second-order valence-corrected chi connectivity index (χ2v) is 4.02. The summed E-state index contributed by atoms with van der Waals surface area (Å²) in [7, 11) is 0. The molecule has 1 fully saturated rings. The quantitative estimate of drug-likeness (QED) is 0.817. The summed E-state index contributed by atoms with van der Waals surface area (Å²) in [5, 5.41) is 5.30. The molecular weight excluding hydrogens is 202 g/mol. The van der Waals surface area contributed by atoms with Crippen LogP contribution in [0.25, 0.3) is 0 Å². The van der Waals surface area contributed by atoms with E-state index in [4.69, 9.17) is 0 Å². The summed E-state index contributed by atoms with van der Waals surface area (Å²) in [6.07, 6.45) is 7.90. The first-order valence-electron chi connectivity index (χ1n) is 5.41. The summed E-state index contributed by atoms with van der Waals surface area (Å²) in [6, 6.07) is 3.43. The lowest BCUT2D eigenvalue weighted by Gasteiger charge is -2.03. The molecule has 0 radical (unpaired) electrons. The topological polar surface area (TPSA) is 54.0 Å². The summed E-state index contributed by atoms with van der Waals surface area (Å²) in [5.74, 6) is 1.22. The van der Waals surface area contributed by atoms with Crippen LogP contribution in [-0.2, 0) is 0 Å². The average molecular weight is 217 g/mol. The average Bonchev–Trinajstić information content (AvgIpc) is 3.05. The molecule has 2 N–H and O–H groups in total. The van der Waals surface area contributed by atoms with Crippen molar-refractivity contribution in [2.45, 2.75) is 19.8 Å². The minimum atomic E-state index is -0.256. The molecule has 84 valence electrons. The van der Waals surface area contributed by atoms with E-state index in [1.165, 1.54) is 12.8 Å². The lowest BCUT2D eigenvalue weighted by Crippen LogP contribution is -2.24. The van der Waals surface area contributed by atoms with E-state index in [0.717, 1.165) is 5.56 Å². The van der Waals surface area contributed by atoms with Crippen LogP contribution in [0.5, 0.6) is 0 Å². The maximum atomic E-state index is 11.4. The van der Waals surface area contributed by atoms with Gasteiger partial charge in [-0.3, -0.25) is 5.32 Å². The van der Waals surface area contributed by atoms with Crippen molar-refractivity contribution in [2.75, 3.05) is 5.32 Å². The van der Waals surface area contributed by atoms with Gasteiger partial charge in [0.05, 0.1) is 0 Å². The molecule has 1 aromatic rings. The van der Waals surface area contributed by atoms with Crippen molar-refractivity contribution in [3.05, 3.63) is 36.2 Å². The van der Waals surface area contributed by atoms with Gasteiger partial charge in [-0.15, -0.1) is 0 Å². The highest BCUT2D eigenvalue weighted by molar-refractivity contribution is 5.88. The third-order valence-electron chi connectivity index (χ3n) is 2.36. The van der Waals surface area contributed by atoms with E-state index in [-0.39, 0.29) is 6.03 Å². The van der Waals surface area contributed by atoms with Gasteiger partial charge in [-0.25, -0.2) is 9.78 Å². The molecule has 0 unspecified atom stereocenters. The predicted octanol–water partition coefficient (Wildman–Crippen LogP) is 2.44. The number of anilines is 1. The fourth-order valence-corrected chi connectivity index (χ4v) is 1.24. The summed E-state index contributed by atoms with van der Waals surface area (Å²) in [4.78, 5) is 15.5. The molecule has 0 atom stereocenters. The molecule has 0 saturated heterocycles. The van der Waals surface area contributed by atoms with Crippen molar-refractivity contribution >= 4 is 11.8 Å². The van der Waals surface area contributed by atoms with Gasteiger partial charge in [-0.05, 0) is 37.3 Å². The molecule has 1 aliphatic carbocycles. The fraction of sp³-hybridized carbons (Fsp3) is 0.333. The number of nitrogens with one attached hydrogen (secondary N) is 2. The van der Waals surface area contributed by atoms with Crippen molar-refractivity contribution in [2.24, 2.45) is 5.92 Å². The molecule has 1 heterocycles. The molecule has 0 aromatic carbocycles. The summed E-state index contributed by atoms with van der Waals surface area (Å²) in [6.45, 7) is 1.95. The minimum absolute atomic E-state index is 0.256. The van der Waals surface area contributed by atoms with E-state index < -0.39 is 0 Å². The number of hydrogen-bond acceptors (Lipinski definition) is 2. The van der Waals surface area contributed by atoms with Crippen molar-refractivity contribution < 1.29 is 4.79 Å². The lowest BCUT2D eigenvalue weighted by molar-refractivity contribution is 0.255. The van der Waals surface area contributed by atoms with Gasteiger partial charge in [0.1, 0.15) is 5.82 Å². The fourth-order valence-electron chi connectivity index (χ4n) is 1.24. The first-order valence-corrected chi connectivity index (χ1v) is 5.41. The Bertz CT molecular complexity index is 393. The van der Waals surface area contributed by atoms with Crippen LogP contribution in [0.4, 0.5) is 10.6 Å². The SMILES string of the molecule is Cc1ccc(NC(=O)N/C=C/C2CC2)nc1. The number of aromatic nitrogens is 1. The monoisotopic (exact) mass is 217 g/mol. The first kappa shape index (κ1) is 10.7. The predicted molar refractivity (Wildman–Crippen MR) is 63.0 cm³/mol. The maximum Gasteiger partial charge on any atom is 0.324 e. The third-order valence-corrected chi connectivity index (χ3v) is 2.36. The minimum Gasteiger partial charge on any atom is -0.315 e. The molecule has 2 amide bonds. The zero-order valence-electron chi connectivity index (χ0n) is 9.23. The Balaban J connectivity index is 1.79. The standard InChI is InChI=1S/C12H15N3O/c1-9-2-5-11(14-8-9)15-12(16)13-7-6-10-3-4-10/h2,5-8,10H,3-4H2,1H3,(H2,13,14,15,16)/b7-6+. The maximum absolute atomic E-state index is 11.4. The largest absolute Gasteiger partial charge is 0.324 e. The highest BCUT2D eigenvalue weighted by Gasteiger charge is 2.16. The number of allylic oxidation sites excluding steroid dienone is 1.